The van der Waals surface area contributed by atoms with Gasteiger partial charge in [0.15, 0.2) is 0 Å². The van der Waals surface area contributed by atoms with Crippen LogP contribution >= 0.6 is 15.9 Å². The number of nitrogens with zero attached hydrogens (tertiary/aromatic N) is 1. The topological polar surface area (TPSA) is 55.2 Å². The van der Waals surface area contributed by atoms with Crippen LogP contribution < -0.4 is 5.32 Å². The van der Waals surface area contributed by atoms with Crippen molar-refractivity contribution in [3.8, 4) is 0 Å². The third-order valence-electron chi connectivity index (χ3n) is 2.59. The summed E-state index contributed by atoms with van der Waals surface area (Å²) < 4.78 is 13.4. The lowest BCUT2D eigenvalue weighted by Gasteiger charge is -2.07. The number of nitrogens with one attached hydrogen (secondary N) is 1. The van der Waals surface area contributed by atoms with E-state index in [2.05, 4.69) is 21.2 Å². The Bertz CT molecular complexity index is 619. The van der Waals surface area contributed by atoms with E-state index in [4.69, 9.17) is 0 Å². The number of benzene rings is 2. The van der Waals surface area contributed by atoms with E-state index in [1.165, 1.54) is 12.1 Å². The van der Waals surface area contributed by atoms with E-state index >= 15 is 0 Å². The predicted octanol–water partition coefficient (Wildman–Crippen LogP) is 4.11. The zero-order valence-corrected chi connectivity index (χ0v) is 11.4. The van der Waals surface area contributed by atoms with Gasteiger partial charge in [0.2, 0.25) is 0 Å². The van der Waals surface area contributed by atoms with Crippen molar-refractivity contribution in [3.05, 3.63) is 68.4 Å². The van der Waals surface area contributed by atoms with Gasteiger partial charge in [-0.3, -0.25) is 10.1 Å². The van der Waals surface area contributed by atoms with Gasteiger partial charge in [-0.25, -0.2) is 4.39 Å². The standard InChI is InChI=1S/C13H10BrFN2O2/c14-11-7-10(5-6-12(11)15)16-8-9-3-1-2-4-13(9)17(18)19/h1-7,16H,8H2. The summed E-state index contributed by atoms with van der Waals surface area (Å²) in [5.41, 5.74) is 1.33. The van der Waals surface area contributed by atoms with E-state index in [0.29, 0.717) is 22.3 Å². The average Bonchev–Trinajstić information content (AvgIpc) is 2.40. The summed E-state index contributed by atoms with van der Waals surface area (Å²) in [5, 5.41) is 13.9. The molecule has 0 amide bonds. The van der Waals surface area contributed by atoms with Crippen LogP contribution in [0.1, 0.15) is 5.56 Å². The van der Waals surface area contributed by atoms with Crippen molar-refractivity contribution in [1.29, 1.82) is 0 Å². The smallest absolute Gasteiger partial charge is 0.274 e. The molecule has 2 aromatic rings. The van der Waals surface area contributed by atoms with Crippen molar-refractivity contribution in [3.63, 3.8) is 0 Å². The Kier molecular flexibility index (Phi) is 4.11. The molecule has 0 saturated carbocycles. The predicted molar refractivity (Wildman–Crippen MR) is 74.5 cm³/mol. The molecule has 0 aromatic heterocycles. The number of halogens is 2. The first-order valence-electron chi connectivity index (χ1n) is 5.49. The monoisotopic (exact) mass is 324 g/mol. The summed E-state index contributed by atoms with van der Waals surface area (Å²) in [6.45, 7) is 0.301. The summed E-state index contributed by atoms with van der Waals surface area (Å²) in [6.07, 6.45) is 0. The number of hydrogen-bond donors (Lipinski definition) is 1. The Labute approximate surface area is 117 Å². The maximum atomic E-state index is 13.1. The Morgan fingerprint density at radius 2 is 2.00 bits per heavy atom. The van der Waals surface area contributed by atoms with Gasteiger partial charge in [-0.05, 0) is 34.1 Å². The van der Waals surface area contributed by atoms with E-state index in [9.17, 15) is 14.5 Å². The molecule has 2 rings (SSSR count). The molecule has 19 heavy (non-hydrogen) atoms. The molecule has 0 aliphatic rings. The largest absolute Gasteiger partial charge is 0.381 e. The molecule has 4 nitrogen and oxygen atoms in total. The lowest BCUT2D eigenvalue weighted by atomic mass is 10.2. The molecule has 0 bridgehead atoms. The fourth-order valence-corrected chi connectivity index (χ4v) is 2.02. The molecule has 1 N–H and O–H groups in total. The van der Waals surface area contributed by atoms with Crippen LogP contribution in [0.25, 0.3) is 0 Å². The molecule has 0 spiro atoms. The van der Waals surface area contributed by atoms with E-state index in [0.717, 1.165) is 0 Å². The van der Waals surface area contributed by atoms with Crippen molar-refractivity contribution in [2.75, 3.05) is 5.32 Å². The zero-order chi connectivity index (χ0) is 13.8. The Morgan fingerprint density at radius 1 is 1.26 bits per heavy atom. The molecule has 0 atom stereocenters. The molecular formula is C13H10BrFN2O2. The van der Waals surface area contributed by atoms with Crippen LogP contribution in [0, 0.1) is 15.9 Å². The van der Waals surface area contributed by atoms with Gasteiger partial charge >= 0.3 is 0 Å². The van der Waals surface area contributed by atoms with Crippen LogP contribution in [0.4, 0.5) is 15.8 Å². The average molecular weight is 325 g/mol. The Balaban J connectivity index is 2.14. The second kappa shape index (κ2) is 5.79. The third-order valence-corrected chi connectivity index (χ3v) is 3.20. The first-order valence-corrected chi connectivity index (χ1v) is 6.28. The van der Waals surface area contributed by atoms with Gasteiger partial charge in [0, 0.05) is 23.9 Å². The second-order valence-corrected chi connectivity index (χ2v) is 4.72. The Morgan fingerprint density at radius 3 is 2.68 bits per heavy atom. The molecule has 0 saturated heterocycles. The molecule has 0 heterocycles. The molecule has 2 aromatic carbocycles. The minimum atomic E-state index is -0.419. The highest BCUT2D eigenvalue weighted by molar-refractivity contribution is 9.10. The van der Waals surface area contributed by atoms with Gasteiger partial charge in [-0.2, -0.15) is 0 Å². The highest BCUT2D eigenvalue weighted by atomic mass is 79.9. The SMILES string of the molecule is O=[N+]([O-])c1ccccc1CNc1ccc(F)c(Br)c1. The number of nitro benzene ring substituents is 1. The summed E-state index contributed by atoms with van der Waals surface area (Å²) in [5.74, 6) is -0.351. The van der Waals surface area contributed by atoms with Crippen molar-refractivity contribution in [1.82, 2.24) is 0 Å². The fraction of sp³-hybridized carbons (Fsp3) is 0.0769. The zero-order valence-electron chi connectivity index (χ0n) is 9.77. The minimum Gasteiger partial charge on any atom is -0.381 e. The summed E-state index contributed by atoms with van der Waals surface area (Å²) in [4.78, 5) is 10.4. The van der Waals surface area contributed by atoms with Crippen molar-refractivity contribution < 1.29 is 9.31 Å². The van der Waals surface area contributed by atoms with Gasteiger partial charge in [0.25, 0.3) is 5.69 Å². The second-order valence-electron chi connectivity index (χ2n) is 3.87. The van der Waals surface area contributed by atoms with E-state index in [1.807, 2.05) is 0 Å². The van der Waals surface area contributed by atoms with E-state index < -0.39 is 4.92 Å². The number of rotatable bonds is 4. The molecule has 6 heteroatoms. The van der Waals surface area contributed by atoms with Gasteiger partial charge in [0.1, 0.15) is 5.82 Å². The first-order chi connectivity index (χ1) is 9.08. The van der Waals surface area contributed by atoms with Crippen LogP contribution in [0.3, 0.4) is 0 Å². The summed E-state index contributed by atoms with van der Waals surface area (Å²) in [7, 11) is 0. The fourth-order valence-electron chi connectivity index (χ4n) is 1.64. The minimum absolute atomic E-state index is 0.0659. The lowest BCUT2D eigenvalue weighted by Crippen LogP contribution is -2.03. The molecule has 0 unspecified atom stereocenters. The molecule has 0 aliphatic carbocycles. The van der Waals surface area contributed by atoms with Gasteiger partial charge in [0.05, 0.1) is 9.40 Å². The highest BCUT2D eigenvalue weighted by Gasteiger charge is 2.11. The van der Waals surface area contributed by atoms with Crippen LogP contribution in [0.2, 0.25) is 0 Å². The number of hydrogen-bond acceptors (Lipinski definition) is 3. The first kappa shape index (κ1) is 13.5. The summed E-state index contributed by atoms with van der Waals surface area (Å²) >= 11 is 3.09. The number of anilines is 1. The van der Waals surface area contributed by atoms with Crippen molar-refractivity contribution in [2.45, 2.75) is 6.54 Å². The van der Waals surface area contributed by atoms with Gasteiger partial charge < -0.3 is 5.32 Å². The maximum absolute atomic E-state index is 13.1. The number of para-hydroxylation sites is 1. The van der Waals surface area contributed by atoms with Gasteiger partial charge in [-0.15, -0.1) is 0 Å². The van der Waals surface area contributed by atoms with Crippen molar-refractivity contribution >= 4 is 27.3 Å². The lowest BCUT2D eigenvalue weighted by molar-refractivity contribution is -0.385. The van der Waals surface area contributed by atoms with Crippen LogP contribution in [0.5, 0.6) is 0 Å². The van der Waals surface area contributed by atoms with Crippen molar-refractivity contribution in [2.24, 2.45) is 0 Å². The van der Waals surface area contributed by atoms with Crippen LogP contribution in [0.15, 0.2) is 46.9 Å². The molecule has 0 aliphatic heterocycles. The summed E-state index contributed by atoms with van der Waals surface area (Å²) in [6, 6.07) is 11.0. The normalized spacial score (nSPS) is 10.2. The molecule has 0 radical (unpaired) electrons. The van der Waals surface area contributed by atoms with E-state index in [-0.39, 0.29) is 11.5 Å². The van der Waals surface area contributed by atoms with E-state index in [1.54, 1.807) is 30.3 Å². The quantitative estimate of drug-likeness (QED) is 0.680. The van der Waals surface area contributed by atoms with Crippen LogP contribution in [-0.2, 0) is 6.54 Å². The number of nitro groups is 1. The molecule has 98 valence electrons. The maximum Gasteiger partial charge on any atom is 0.274 e. The van der Waals surface area contributed by atoms with Gasteiger partial charge in [-0.1, -0.05) is 18.2 Å². The molecular weight excluding hydrogens is 315 g/mol. The Hall–Kier alpha value is -1.95. The van der Waals surface area contributed by atoms with Crippen LogP contribution in [-0.4, -0.2) is 4.92 Å². The molecule has 0 fully saturated rings. The highest BCUT2D eigenvalue weighted by Crippen LogP contribution is 2.22. The third kappa shape index (κ3) is 3.29.